The lowest BCUT2D eigenvalue weighted by molar-refractivity contribution is 0.0702. The summed E-state index contributed by atoms with van der Waals surface area (Å²) < 4.78 is 34.7. The molecule has 0 amide bonds. The maximum absolute atomic E-state index is 12.1. The second kappa shape index (κ2) is 5.16. The molecule has 1 heterocycles. The predicted octanol–water partition coefficient (Wildman–Crippen LogP) is 1.12. The lowest BCUT2D eigenvalue weighted by atomic mass is 10.1. The van der Waals surface area contributed by atoms with Crippen LogP contribution in [0.3, 0.4) is 0 Å². The van der Waals surface area contributed by atoms with Gasteiger partial charge in [-0.2, -0.15) is 0 Å². The van der Waals surface area contributed by atoms with Gasteiger partial charge >= 0.3 is 0 Å². The van der Waals surface area contributed by atoms with Crippen molar-refractivity contribution in [2.75, 3.05) is 26.1 Å². The molecule has 1 aliphatic rings. The second-order valence-corrected chi connectivity index (χ2v) is 6.20. The molecule has 2 unspecified atom stereocenters. The van der Waals surface area contributed by atoms with E-state index in [4.69, 9.17) is 9.47 Å². The normalized spacial score (nSPS) is 25.0. The molecule has 0 bridgehead atoms. The Kier molecular flexibility index (Phi) is 3.81. The predicted molar refractivity (Wildman–Crippen MR) is 63.6 cm³/mol. The van der Waals surface area contributed by atoms with E-state index in [0.717, 1.165) is 0 Å². The minimum absolute atomic E-state index is 0.0785. The summed E-state index contributed by atoms with van der Waals surface area (Å²) in [6, 6.07) is 8.49. The van der Waals surface area contributed by atoms with Gasteiger partial charge in [-0.15, -0.1) is 0 Å². The van der Waals surface area contributed by atoms with E-state index in [0.29, 0.717) is 18.1 Å². The molecule has 1 aliphatic heterocycles. The molecular weight excluding hydrogens is 240 g/mol. The molecule has 1 aromatic rings. The van der Waals surface area contributed by atoms with Gasteiger partial charge in [0, 0.05) is 13.0 Å². The Morgan fingerprint density at radius 3 is 2.65 bits per heavy atom. The van der Waals surface area contributed by atoms with Gasteiger partial charge in [0.1, 0.15) is 0 Å². The van der Waals surface area contributed by atoms with E-state index < -0.39 is 9.84 Å². The van der Waals surface area contributed by atoms with Crippen molar-refractivity contribution in [3.8, 4) is 0 Å². The van der Waals surface area contributed by atoms with Crippen molar-refractivity contribution in [2.45, 2.75) is 11.0 Å². The van der Waals surface area contributed by atoms with Crippen molar-refractivity contribution >= 4 is 9.84 Å². The van der Waals surface area contributed by atoms with Gasteiger partial charge < -0.3 is 9.47 Å². The van der Waals surface area contributed by atoms with E-state index in [2.05, 4.69) is 0 Å². The first kappa shape index (κ1) is 12.5. The van der Waals surface area contributed by atoms with Crippen molar-refractivity contribution in [1.82, 2.24) is 0 Å². The number of benzene rings is 1. The lowest BCUT2D eigenvalue weighted by Crippen LogP contribution is -2.27. The lowest BCUT2D eigenvalue weighted by Gasteiger charge is -2.15. The van der Waals surface area contributed by atoms with Gasteiger partial charge in [-0.05, 0) is 12.1 Å². The largest absolute Gasteiger partial charge is 0.379 e. The zero-order chi connectivity index (χ0) is 12.3. The topological polar surface area (TPSA) is 52.6 Å². The van der Waals surface area contributed by atoms with Gasteiger partial charge in [-0.1, -0.05) is 18.2 Å². The summed E-state index contributed by atoms with van der Waals surface area (Å²) in [7, 11) is -1.66. The van der Waals surface area contributed by atoms with Crippen LogP contribution in [0.5, 0.6) is 0 Å². The summed E-state index contributed by atoms with van der Waals surface area (Å²) in [4.78, 5) is 0.363. The summed E-state index contributed by atoms with van der Waals surface area (Å²) in [5, 5.41) is 0. The zero-order valence-electron chi connectivity index (χ0n) is 9.70. The van der Waals surface area contributed by atoms with E-state index in [1.807, 2.05) is 0 Å². The molecule has 0 spiro atoms. The van der Waals surface area contributed by atoms with Crippen LogP contribution < -0.4 is 0 Å². The molecule has 0 aliphatic carbocycles. The molecule has 0 radical (unpaired) electrons. The van der Waals surface area contributed by atoms with E-state index in [9.17, 15) is 8.42 Å². The maximum atomic E-state index is 12.1. The molecule has 0 N–H and O–H groups in total. The van der Waals surface area contributed by atoms with E-state index >= 15 is 0 Å². The molecule has 17 heavy (non-hydrogen) atoms. The molecule has 2 rings (SSSR count). The number of rotatable bonds is 4. The molecule has 0 saturated carbocycles. The summed E-state index contributed by atoms with van der Waals surface area (Å²) in [5.41, 5.74) is 0. The number of methoxy groups -OCH3 is 1. The van der Waals surface area contributed by atoms with Crippen LogP contribution in [0, 0.1) is 5.92 Å². The van der Waals surface area contributed by atoms with Crippen molar-refractivity contribution in [1.29, 1.82) is 0 Å². The number of hydrogen-bond donors (Lipinski definition) is 0. The van der Waals surface area contributed by atoms with E-state index in [1.54, 1.807) is 37.4 Å². The van der Waals surface area contributed by atoms with Crippen LogP contribution in [0.25, 0.3) is 0 Å². The van der Waals surface area contributed by atoms with Crippen molar-refractivity contribution in [3.05, 3.63) is 30.3 Å². The van der Waals surface area contributed by atoms with Crippen LogP contribution in [0.15, 0.2) is 35.2 Å². The third-order valence-electron chi connectivity index (χ3n) is 2.98. The number of sulfone groups is 1. The Bertz CT molecular complexity index is 455. The Morgan fingerprint density at radius 1 is 1.29 bits per heavy atom. The minimum atomic E-state index is -3.25. The summed E-state index contributed by atoms with van der Waals surface area (Å²) in [5.74, 6) is 0.000376. The molecular formula is C12H16O4S. The third kappa shape index (κ3) is 2.86. The number of ether oxygens (including phenoxy) is 2. The standard InChI is InChI=1S/C12H16O4S/c1-15-12-8-16-7-10(12)9-17(13,14)11-5-3-2-4-6-11/h2-6,10,12H,7-9H2,1H3. The van der Waals surface area contributed by atoms with Crippen LogP contribution in [0.1, 0.15) is 0 Å². The van der Waals surface area contributed by atoms with Crippen LogP contribution >= 0.6 is 0 Å². The molecule has 1 saturated heterocycles. The van der Waals surface area contributed by atoms with Crippen molar-refractivity contribution in [2.24, 2.45) is 5.92 Å². The highest BCUT2D eigenvalue weighted by Crippen LogP contribution is 2.21. The van der Waals surface area contributed by atoms with Crippen molar-refractivity contribution in [3.63, 3.8) is 0 Å². The summed E-state index contributed by atoms with van der Waals surface area (Å²) in [6.45, 7) is 0.927. The molecule has 1 aromatic carbocycles. The maximum Gasteiger partial charge on any atom is 0.178 e. The molecule has 5 heteroatoms. The fraction of sp³-hybridized carbons (Fsp3) is 0.500. The number of hydrogen-bond acceptors (Lipinski definition) is 4. The average molecular weight is 256 g/mol. The smallest absolute Gasteiger partial charge is 0.178 e. The van der Waals surface area contributed by atoms with E-state index in [-0.39, 0.29) is 17.8 Å². The van der Waals surface area contributed by atoms with Crippen LogP contribution in [-0.4, -0.2) is 40.6 Å². The SMILES string of the molecule is COC1COCC1CS(=O)(=O)c1ccccc1. The Balaban J connectivity index is 2.13. The Labute approximate surface area is 101 Å². The first-order valence-corrected chi connectivity index (χ1v) is 7.17. The van der Waals surface area contributed by atoms with Gasteiger partial charge in [-0.3, -0.25) is 0 Å². The first-order chi connectivity index (χ1) is 8.13. The zero-order valence-corrected chi connectivity index (χ0v) is 10.5. The highest BCUT2D eigenvalue weighted by Gasteiger charge is 2.32. The molecule has 1 fully saturated rings. The molecule has 94 valence electrons. The van der Waals surface area contributed by atoms with Crippen LogP contribution in [-0.2, 0) is 19.3 Å². The highest BCUT2D eigenvalue weighted by atomic mass is 32.2. The van der Waals surface area contributed by atoms with Crippen LogP contribution in [0.4, 0.5) is 0 Å². The van der Waals surface area contributed by atoms with E-state index in [1.165, 1.54) is 0 Å². The van der Waals surface area contributed by atoms with Crippen LogP contribution in [0.2, 0.25) is 0 Å². The monoisotopic (exact) mass is 256 g/mol. The molecule has 2 atom stereocenters. The van der Waals surface area contributed by atoms with Gasteiger partial charge in [0.15, 0.2) is 9.84 Å². The van der Waals surface area contributed by atoms with Gasteiger partial charge in [-0.25, -0.2) is 8.42 Å². The van der Waals surface area contributed by atoms with Crippen molar-refractivity contribution < 1.29 is 17.9 Å². The van der Waals surface area contributed by atoms with Gasteiger partial charge in [0.2, 0.25) is 0 Å². The van der Waals surface area contributed by atoms with Gasteiger partial charge in [0.25, 0.3) is 0 Å². The molecule has 4 nitrogen and oxygen atoms in total. The Hall–Kier alpha value is -0.910. The summed E-state index contributed by atoms with van der Waals surface area (Å²) >= 11 is 0. The highest BCUT2D eigenvalue weighted by molar-refractivity contribution is 7.91. The van der Waals surface area contributed by atoms with Gasteiger partial charge in [0.05, 0.1) is 30.0 Å². The quantitative estimate of drug-likeness (QED) is 0.810. The first-order valence-electron chi connectivity index (χ1n) is 5.52. The fourth-order valence-electron chi connectivity index (χ4n) is 2.00. The minimum Gasteiger partial charge on any atom is -0.379 e. The average Bonchev–Trinajstić information content (AvgIpc) is 2.77. The Morgan fingerprint density at radius 2 is 2.00 bits per heavy atom. The fourth-order valence-corrected chi connectivity index (χ4v) is 3.64. The second-order valence-electron chi connectivity index (χ2n) is 4.17. The third-order valence-corrected chi connectivity index (χ3v) is 4.84. The summed E-state index contributed by atoms with van der Waals surface area (Å²) in [6.07, 6.45) is -0.117. The molecule has 0 aromatic heterocycles.